The Morgan fingerprint density at radius 1 is 1.03 bits per heavy atom. The van der Waals surface area contributed by atoms with E-state index < -0.39 is 5.97 Å². The van der Waals surface area contributed by atoms with Gasteiger partial charge in [0.1, 0.15) is 0 Å². The van der Waals surface area contributed by atoms with Crippen LogP contribution in [0.1, 0.15) is 64.6 Å². The lowest BCUT2D eigenvalue weighted by molar-refractivity contribution is 0.0695. The molecule has 0 bridgehead atoms. The Morgan fingerprint density at radius 3 is 2.45 bits per heavy atom. The first-order valence-corrected chi connectivity index (χ1v) is 10.3. The lowest BCUT2D eigenvalue weighted by Gasteiger charge is -2.47. The molecule has 2 heterocycles. The van der Waals surface area contributed by atoms with Gasteiger partial charge in [-0.3, -0.25) is 4.79 Å². The fraction of sp³-hybridized carbons (Fsp3) is 0.417. The zero-order chi connectivity index (χ0) is 20.8. The van der Waals surface area contributed by atoms with Crippen molar-refractivity contribution in [1.82, 2.24) is 4.90 Å². The predicted molar refractivity (Wildman–Crippen MR) is 114 cm³/mol. The van der Waals surface area contributed by atoms with E-state index in [0.717, 1.165) is 54.7 Å². The van der Waals surface area contributed by atoms with Crippen LogP contribution in [0.15, 0.2) is 42.5 Å². The molecule has 0 spiro atoms. The highest BCUT2D eigenvalue weighted by Crippen LogP contribution is 2.48. The number of carbonyl (C=O) groups excluding carboxylic acids is 1. The van der Waals surface area contributed by atoms with E-state index in [0.29, 0.717) is 5.56 Å². The number of aromatic carboxylic acids is 1. The molecule has 5 heteroatoms. The summed E-state index contributed by atoms with van der Waals surface area (Å²) in [5, 5.41) is 9.34. The van der Waals surface area contributed by atoms with E-state index in [2.05, 4.69) is 31.9 Å². The molecule has 2 aliphatic rings. The first kappa shape index (κ1) is 19.5. The quantitative estimate of drug-likeness (QED) is 0.842. The van der Waals surface area contributed by atoms with Crippen molar-refractivity contribution in [3.63, 3.8) is 0 Å². The summed E-state index contributed by atoms with van der Waals surface area (Å²) >= 11 is 0. The van der Waals surface area contributed by atoms with Crippen LogP contribution in [0.3, 0.4) is 0 Å². The fourth-order valence-corrected chi connectivity index (χ4v) is 5.07. The van der Waals surface area contributed by atoms with Gasteiger partial charge in [0.25, 0.3) is 5.91 Å². The van der Waals surface area contributed by atoms with Crippen molar-refractivity contribution in [3.8, 4) is 0 Å². The van der Waals surface area contributed by atoms with Crippen molar-refractivity contribution in [2.24, 2.45) is 5.41 Å². The number of carboxylic acids is 1. The van der Waals surface area contributed by atoms with Crippen LogP contribution in [0.4, 0.5) is 5.69 Å². The molecular formula is C24H28N2O3. The van der Waals surface area contributed by atoms with Crippen LogP contribution in [0, 0.1) is 5.41 Å². The number of rotatable bonds is 3. The van der Waals surface area contributed by atoms with Gasteiger partial charge in [-0.05, 0) is 66.1 Å². The summed E-state index contributed by atoms with van der Waals surface area (Å²) in [7, 11) is 2.06. The van der Waals surface area contributed by atoms with Crippen molar-refractivity contribution in [1.29, 1.82) is 0 Å². The topological polar surface area (TPSA) is 60.9 Å². The van der Waals surface area contributed by atoms with Crippen molar-refractivity contribution in [2.75, 3.05) is 25.0 Å². The standard InChI is InChI=1S/C24H28N2O3/c1-24(2)15-19-14-18(23(28)29)9-10-20(19)25(3)21(24)16-7-6-8-17(13-16)22(27)26-11-4-5-12-26/h6-10,13-14,21H,4-5,11-12,15H2,1-3H3,(H,28,29). The lowest BCUT2D eigenvalue weighted by atomic mass is 9.71. The Labute approximate surface area is 171 Å². The normalized spacial score (nSPS) is 20.4. The minimum Gasteiger partial charge on any atom is -0.478 e. The van der Waals surface area contributed by atoms with Crippen molar-refractivity contribution >= 4 is 17.6 Å². The van der Waals surface area contributed by atoms with E-state index >= 15 is 0 Å². The average molecular weight is 392 g/mol. The lowest BCUT2D eigenvalue weighted by Crippen LogP contribution is -2.42. The highest BCUT2D eigenvalue weighted by molar-refractivity contribution is 5.94. The van der Waals surface area contributed by atoms with Crippen molar-refractivity contribution in [2.45, 2.75) is 39.2 Å². The number of nitrogens with zero attached hydrogens (tertiary/aromatic N) is 2. The van der Waals surface area contributed by atoms with E-state index in [9.17, 15) is 14.7 Å². The van der Waals surface area contributed by atoms with Gasteiger partial charge in [0.15, 0.2) is 0 Å². The Hall–Kier alpha value is -2.82. The smallest absolute Gasteiger partial charge is 0.335 e. The Morgan fingerprint density at radius 2 is 1.76 bits per heavy atom. The van der Waals surface area contributed by atoms with Gasteiger partial charge in [0.05, 0.1) is 11.6 Å². The molecule has 0 aromatic heterocycles. The van der Waals surface area contributed by atoms with E-state index in [1.165, 1.54) is 0 Å². The number of anilines is 1. The van der Waals surface area contributed by atoms with Crippen LogP contribution < -0.4 is 4.90 Å². The van der Waals surface area contributed by atoms with Gasteiger partial charge in [-0.1, -0.05) is 26.0 Å². The fourth-order valence-electron chi connectivity index (χ4n) is 5.07. The molecule has 1 unspecified atom stereocenters. The summed E-state index contributed by atoms with van der Waals surface area (Å²) in [5.74, 6) is -0.782. The van der Waals surface area contributed by atoms with Gasteiger partial charge in [-0.2, -0.15) is 0 Å². The molecule has 5 nitrogen and oxygen atoms in total. The zero-order valence-corrected chi connectivity index (χ0v) is 17.3. The van der Waals surface area contributed by atoms with Gasteiger partial charge in [-0.25, -0.2) is 4.79 Å². The minimum atomic E-state index is -0.900. The van der Waals surface area contributed by atoms with Crippen LogP contribution in [0.25, 0.3) is 0 Å². The molecule has 2 aromatic carbocycles. The van der Waals surface area contributed by atoms with Gasteiger partial charge in [0.2, 0.25) is 0 Å². The highest BCUT2D eigenvalue weighted by atomic mass is 16.4. The summed E-state index contributed by atoms with van der Waals surface area (Å²) in [6.07, 6.45) is 2.95. The predicted octanol–water partition coefficient (Wildman–Crippen LogP) is 4.38. The monoisotopic (exact) mass is 392 g/mol. The minimum absolute atomic E-state index is 0.0945. The van der Waals surface area contributed by atoms with Gasteiger partial charge in [0, 0.05) is 31.4 Å². The molecular weight excluding hydrogens is 364 g/mol. The summed E-state index contributed by atoms with van der Waals surface area (Å²) in [5.41, 5.74) is 4.18. The molecule has 29 heavy (non-hydrogen) atoms. The van der Waals surface area contributed by atoms with Crippen LogP contribution in [-0.2, 0) is 6.42 Å². The maximum atomic E-state index is 12.9. The summed E-state index contributed by atoms with van der Waals surface area (Å²) in [6.45, 7) is 6.10. The summed E-state index contributed by atoms with van der Waals surface area (Å²) < 4.78 is 0. The molecule has 1 fully saturated rings. The Balaban J connectivity index is 1.70. The van der Waals surface area contributed by atoms with Gasteiger partial charge < -0.3 is 14.9 Å². The molecule has 1 saturated heterocycles. The first-order valence-electron chi connectivity index (χ1n) is 10.3. The van der Waals surface area contributed by atoms with Crippen molar-refractivity contribution < 1.29 is 14.7 Å². The number of amides is 1. The average Bonchev–Trinajstić information content (AvgIpc) is 3.21. The third-order valence-corrected chi connectivity index (χ3v) is 6.32. The number of likely N-dealkylation sites (tertiary alicyclic amines) is 1. The second kappa shape index (κ2) is 7.21. The van der Waals surface area contributed by atoms with Crippen LogP contribution in [-0.4, -0.2) is 42.0 Å². The Bertz CT molecular complexity index is 960. The maximum Gasteiger partial charge on any atom is 0.335 e. The van der Waals surface area contributed by atoms with Gasteiger partial charge >= 0.3 is 5.97 Å². The van der Waals surface area contributed by atoms with Crippen LogP contribution >= 0.6 is 0 Å². The number of hydrogen-bond donors (Lipinski definition) is 1. The van der Waals surface area contributed by atoms with E-state index in [1.54, 1.807) is 12.1 Å². The SMILES string of the molecule is CN1c2ccc(C(=O)O)cc2CC(C)(C)C1c1cccc(C(=O)N2CCCC2)c1. The van der Waals surface area contributed by atoms with Gasteiger partial charge in [-0.15, -0.1) is 0 Å². The second-order valence-electron chi connectivity index (χ2n) is 8.95. The van der Waals surface area contributed by atoms with E-state index in [1.807, 2.05) is 29.2 Å². The van der Waals surface area contributed by atoms with Crippen LogP contribution in [0.2, 0.25) is 0 Å². The number of hydrogen-bond acceptors (Lipinski definition) is 3. The van der Waals surface area contributed by atoms with Crippen molar-refractivity contribution in [3.05, 3.63) is 64.7 Å². The first-order chi connectivity index (χ1) is 13.8. The molecule has 0 saturated carbocycles. The molecule has 0 radical (unpaired) electrons. The molecule has 1 amide bonds. The number of benzene rings is 2. The molecule has 0 aliphatic carbocycles. The maximum absolute atomic E-state index is 12.9. The molecule has 1 atom stereocenters. The molecule has 1 N–H and O–H groups in total. The number of carbonyl (C=O) groups is 2. The third kappa shape index (κ3) is 3.50. The zero-order valence-electron chi connectivity index (χ0n) is 17.3. The largest absolute Gasteiger partial charge is 0.478 e. The Kier molecular flexibility index (Phi) is 4.85. The summed E-state index contributed by atoms with van der Waals surface area (Å²) in [6, 6.07) is 13.5. The van der Waals surface area contributed by atoms with E-state index in [-0.39, 0.29) is 17.4 Å². The number of fused-ring (bicyclic) bond motifs is 1. The second-order valence-corrected chi connectivity index (χ2v) is 8.95. The van der Waals surface area contributed by atoms with Crippen LogP contribution in [0.5, 0.6) is 0 Å². The molecule has 152 valence electrons. The molecule has 2 aromatic rings. The highest BCUT2D eigenvalue weighted by Gasteiger charge is 2.40. The molecule has 4 rings (SSSR count). The summed E-state index contributed by atoms with van der Waals surface area (Å²) in [4.78, 5) is 28.4. The molecule has 2 aliphatic heterocycles. The van der Waals surface area contributed by atoms with E-state index in [4.69, 9.17) is 0 Å². The number of carboxylic acid groups (broad SMARTS) is 1. The third-order valence-electron chi connectivity index (χ3n) is 6.32.